The summed E-state index contributed by atoms with van der Waals surface area (Å²) in [6.07, 6.45) is 3.63. The number of hydrogen-bond donors (Lipinski definition) is 1. The second-order valence-corrected chi connectivity index (χ2v) is 5.71. The van der Waals surface area contributed by atoms with Gasteiger partial charge in [0.15, 0.2) is 0 Å². The van der Waals surface area contributed by atoms with Crippen LogP contribution in [0.25, 0.3) is 0 Å². The Hall–Kier alpha value is -1.53. The van der Waals surface area contributed by atoms with E-state index in [1.807, 2.05) is 24.4 Å². The van der Waals surface area contributed by atoms with Gasteiger partial charge in [-0.05, 0) is 29.3 Å². The molecule has 6 heteroatoms. The molecule has 1 aliphatic rings. The van der Waals surface area contributed by atoms with Crippen molar-refractivity contribution in [1.82, 2.24) is 15.2 Å². The molecule has 1 N–H and O–H groups in total. The summed E-state index contributed by atoms with van der Waals surface area (Å²) in [7, 11) is 0. The Kier molecular flexibility index (Phi) is 7.59. The van der Waals surface area contributed by atoms with E-state index >= 15 is 0 Å². The normalized spacial score (nSPS) is 16.4. The first-order chi connectivity index (χ1) is 11.3. The Morgan fingerprint density at radius 2 is 2.04 bits per heavy atom. The summed E-state index contributed by atoms with van der Waals surface area (Å²) in [4.78, 5) is 6.48. The van der Waals surface area contributed by atoms with Crippen LogP contribution in [-0.4, -0.2) is 42.7 Å². The zero-order chi connectivity index (χ0) is 15.9. The summed E-state index contributed by atoms with van der Waals surface area (Å²) in [5.41, 5.74) is 2.15. The van der Waals surface area contributed by atoms with Crippen molar-refractivity contribution in [2.45, 2.75) is 12.6 Å². The van der Waals surface area contributed by atoms with Crippen molar-refractivity contribution in [2.75, 3.05) is 32.8 Å². The molecule has 0 radical (unpaired) electrons. The Labute approximate surface area is 148 Å². The van der Waals surface area contributed by atoms with Gasteiger partial charge in [-0.2, -0.15) is 0 Å². The minimum Gasteiger partial charge on any atom is -0.379 e. The fraction of sp³-hybridized carbons (Fsp3) is 0.389. The van der Waals surface area contributed by atoms with Crippen molar-refractivity contribution in [1.29, 1.82) is 0 Å². The van der Waals surface area contributed by atoms with Crippen molar-refractivity contribution >= 4 is 12.4 Å². The molecule has 24 heavy (non-hydrogen) atoms. The minimum absolute atomic E-state index is 0. The number of nitrogens with one attached hydrogen (secondary N) is 1. The van der Waals surface area contributed by atoms with E-state index in [2.05, 4.69) is 15.2 Å². The molecule has 1 aliphatic heterocycles. The number of morpholine rings is 1. The van der Waals surface area contributed by atoms with Crippen LogP contribution in [0.2, 0.25) is 0 Å². The second kappa shape index (κ2) is 9.69. The Morgan fingerprint density at radius 3 is 2.75 bits per heavy atom. The van der Waals surface area contributed by atoms with Crippen molar-refractivity contribution in [3.8, 4) is 0 Å². The summed E-state index contributed by atoms with van der Waals surface area (Å²) < 4.78 is 19.0. The molecule has 1 fully saturated rings. The molecule has 1 saturated heterocycles. The Morgan fingerprint density at radius 1 is 1.21 bits per heavy atom. The van der Waals surface area contributed by atoms with Crippen LogP contribution in [0.4, 0.5) is 4.39 Å². The van der Waals surface area contributed by atoms with Crippen LogP contribution in [0.5, 0.6) is 0 Å². The predicted molar refractivity (Wildman–Crippen MR) is 94.7 cm³/mol. The summed E-state index contributed by atoms with van der Waals surface area (Å²) in [5, 5.41) is 3.47. The molecule has 2 heterocycles. The first-order valence-electron chi connectivity index (χ1n) is 8.00. The molecule has 1 aromatic carbocycles. The molecular formula is C18H23ClFN3O. The van der Waals surface area contributed by atoms with Crippen molar-refractivity contribution in [2.24, 2.45) is 0 Å². The van der Waals surface area contributed by atoms with Gasteiger partial charge >= 0.3 is 0 Å². The van der Waals surface area contributed by atoms with Gasteiger partial charge in [-0.3, -0.25) is 9.88 Å². The van der Waals surface area contributed by atoms with Gasteiger partial charge < -0.3 is 10.1 Å². The average molecular weight is 352 g/mol. The molecule has 4 nitrogen and oxygen atoms in total. The lowest BCUT2D eigenvalue weighted by Crippen LogP contribution is -2.42. The van der Waals surface area contributed by atoms with E-state index in [1.165, 1.54) is 6.07 Å². The lowest BCUT2D eigenvalue weighted by molar-refractivity contribution is 0.0160. The van der Waals surface area contributed by atoms with Crippen LogP contribution in [0, 0.1) is 5.82 Å². The third kappa shape index (κ3) is 5.24. The fourth-order valence-corrected chi connectivity index (χ4v) is 2.92. The van der Waals surface area contributed by atoms with Gasteiger partial charge in [0.25, 0.3) is 0 Å². The van der Waals surface area contributed by atoms with Crippen molar-refractivity contribution < 1.29 is 9.13 Å². The third-order valence-electron chi connectivity index (χ3n) is 4.11. The van der Waals surface area contributed by atoms with Crippen molar-refractivity contribution in [3.63, 3.8) is 0 Å². The SMILES string of the molecule is Cl.Fc1cccc(C(CNCc2cccnc2)N2CCOCC2)c1. The van der Waals surface area contributed by atoms with Crippen molar-refractivity contribution in [3.05, 3.63) is 65.7 Å². The summed E-state index contributed by atoms with van der Waals surface area (Å²) in [6.45, 7) is 4.72. The van der Waals surface area contributed by atoms with Crippen LogP contribution < -0.4 is 5.32 Å². The summed E-state index contributed by atoms with van der Waals surface area (Å²) in [5.74, 6) is -0.187. The quantitative estimate of drug-likeness (QED) is 0.868. The summed E-state index contributed by atoms with van der Waals surface area (Å²) in [6, 6.07) is 11.0. The van der Waals surface area contributed by atoms with Gasteiger partial charge in [0.1, 0.15) is 5.82 Å². The molecule has 0 amide bonds. The standard InChI is InChI=1S/C18H22FN3O.ClH/c19-17-5-1-4-16(11-17)18(22-7-9-23-10-8-22)14-21-13-15-3-2-6-20-12-15;/h1-6,11-12,18,21H,7-10,13-14H2;1H. The third-order valence-corrected chi connectivity index (χ3v) is 4.11. The lowest BCUT2D eigenvalue weighted by Gasteiger charge is -2.35. The molecule has 0 aliphatic carbocycles. The zero-order valence-electron chi connectivity index (χ0n) is 13.5. The number of ether oxygens (including phenoxy) is 1. The van der Waals surface area contributed by atoms with Crippen LogP contribution in [0.15, 0.2) is 48.8 Å². The van der Waals surface area contributed by atoms with Crippen LogP contribution in [0.3, 0.4) is 0 Å². The number of hydrogen-bond acceptors (Lipinski definition) is 4. The molecule has 3 rings (SSSR count). The van der Waals surface area contributed by atoms with Crippen LogP contribution >= 0.6 is 12.4 Å². The highest BCUT2D eigenvalue weighted by atomic mass is 35.5. The molecule has 130 valence electrons. The number of benzene rings is 1. The molecular weight excluding hydrogens is 329 g/mol. The molecule has 0 saturated carbocycles. The van der Waals surface area contributed by atoms with E-state index < -0.39 is 0 Å². The van der Waals surface area contributed by atoms with Crippen LogP contribution in [0.1, 0.15) is 17.2 Å². The summed E-state index contributed by atoms with van der Waals surface area (Å²) >= 11 is 0. The smallest absolute Gasteiger partial charge is 0.123 e. The first-order valence-corrected chi connectivity index (χ1v) is 8.00. The number of halogens is 2. The van der Waals surface area contributed by atoms with Gasteiger partial charge in [-0.15, -0.1) is 12.4 Å². The highest BCUT2D eigenvalue weighted by Gasteiger charge is 2.22. The first kappa shape index (κ1) is 18.8. The maximum Gasteiger partial charge on any atom is 0.123 e. The molecule has 1 unspecified atom stereocenters. The van der Waals surface area contributed by atoms with E-state index in [1.54, 1.807) is 18.3 Å². The van der Waals surface area contributed by atoms with Gasteiger partial charge in [-0.25, -0.2) is 4.39 Å². The molecule has 2 aromatic rings. The number of nitrogens with zero attached hydrogens (tertiary/aromatic N) is 2. The van der Waals surface area contributed by atoms with E-state index in [4.69, 9.17) is 4.74 Å². The topological polar surface area (TPSA) is 37.4 Å². The van der Waals surface area contributed by atoms with E-state index in [0.717, 1.165) is 50.5 Å². The van der Waals surface area contributed by atoms with Gasteiger partial charge in [0, 0.05) is 44.6 Å². The fourth-order valence-electron chi connectivity index (χ4n) is 2.92. The van der Waals surface area contributed by atoms with E-state index in [-0.39, 0.29) is 24.3 Å². The number of pyridine rings is 1. The average Bonchev–Trinajstić information content (AvgIpc) is 2.60. The zero-order valence-corrected chi connectivity index (χ0v) is 14.3. The molecule has 0 spiro atoms. The van der Waals surface area contributed by atoms with Gasteiger partial charge in [0.2, 0.25) is 0 Å². The Balaban J connectivity index is 0.00000208. The minimum atomic E-state index is -0.187. The Bertz CT molecular complexity index is 608. The maximum atomic E-state index is 13.6. The lowest BCUT2D eigenvalue weighted by atomic mass is 10.0. The van der Waals surface area contributed by atoms with Crippen LogP contribution in [-0.2, 0) is 11.3 Å². The van der Waals surface area contributed by atoms with Gasteiger partial charge in [-0.1, -0.05) is 18.2 Å². The van der Waals surface area contributed by atoms with Gasteiger partial charge in [0.05, 0.1) is 13.2 Å². The highest BCUT2D eigenvalue weighted by molar-refractivity contribution is 5.85. The molecule has 1 atom stereocenters. The highest BCUT2D eigenvalue weighted by Crippen LogP contribution is 2.22. The number of aromatic nitrogens is 1. The monoisotopic (exact) mass is 351 g/mol. The molecule has 0 bridgehead atoms. The largest absolute Gasteiger partial charge is 0.379 e. The predicted octanol–water partition coefficient (Wildman–Crippen LogP) is 2.81. The molecule has 1 aromatic heterocycles. The van der Waals surface area contributed by atoms with E-state index in [9.17, 15) is 4.39 Å². The number of rotatable bonds is 6. The second-order valence-electron chi connectivity index (χ2n) is 5.71. The van der Waals surface area contributed by atoms with E-state index in [0.29, 0.717) is 0 Å². The maximum absolute atomic E-state index is 13.6.